The van der Waals surface area contributed by atoms with Gasteiger partial charge in [0.2, 0.25) is 0 Å². The molecule has 1 aliphatic rings. The summed E-state index contributed by atoms with van der Waals surface area (Å²) in [6, 6.07) is 18.6. The Balaban J connectivity index is 1.80. The van der Waals surface area contributed by atoms with E-state index in [-0.39, 0.29) is 12.1 Å². The van der Waals surface area contributed by atoms with Crippen LogP contribution in [0.3, 0.4) is 0 Å². The average molecular weight is 297 g/mol. The molecule has 0 unspecified atom stereocenters. The minimum atomic E-state index is 0.0923. The zero-order chi connectivity index (χ0) is 15.5. The van der Waals surface area contributed by atoms with Crippen LogP contribution in [0.2, 0.25) is 0 Å². The van der Waals surface area contributed by atoms with Gasteiger partial charge in [-0.1, -0.05) is 42.5 Å². The van der Waals surface area contributed by atoms with Crippen molar-refractivity contribution < 1.29 is 9.84 Å². The van der Waals surface area contributed by atoms with Crippen molar-refractivity contribution in [1.82, 2.24) is 4.90 Å². The van der Waals surface area contributed by atoms with Gasteiger partial charge >= 0.3 is 0 Å². The highest BCUT2D eigenvalue weighted by atomic mass is 16.5. The van der Waals surface area contributed by atoms with Crippen LogP contribution in [0.15, 0.2) is 54.6 Å². The average Bonchev–Trinajstić information content (AvgIpc) is 2.52. The van der Waals surface area contributed by atoms with Gasteiger partial charge in [0.1, 0.15) is 5.75 Å². The van der Waals surface area contributed by atoms with Crippen molar-refractivity contribution in [2.45, 2.75) is 38.6 Å². The third kappa shape index (κ3) is 3.16. The van der Waals surface area contributed by atoms with Gasteiger partial charge in [-0.15, -0.1) is 0 Å². The number of aromatic hydroxyl groups is 1. The van der Waals surface area contributed by atoms with E-state index < -0.39 is 0 Å². The lowest BCUT2D eigenvalue weighted by Crippen LogP contribution is -2.50. The van der Waals surface area contributed by atoms with Gasteiger partial charge in [-0.25, -0.2) is 0 Å². The number of rotatable bonds is 3. The normalized spacial score (nSPS) is 26.0. The molecule has 2 aromatic rings. The second-order valence-electron chi connectivity index (χ2n) is 6.10. The van der Waals surface area contributed by atoms with Gasteiger partial charge in [0.25, 0.3) is 0 Å². The zero-order valence-electron chi connectivity index (χ0n) is 13.1. The van der Waals surface area contributed by atoms with E-state index in [9.17, 15) is 5.11 Å². The van der Waals surface area contributed by atoms with Crippen molar-refractivity contribution in [3.63, 3.8) is 0 Å². The van der Waals surface area contributed by atoms with Crippen LogP contribution < -0.4 is 0 Å². The Morgan fingerprint density at radius 3 is 2.59 bits per heavy atom. The summed E-state index contributed by atoms with van der Waals surface area (Å²) in [4.78, 5) is 2.45. The van der Waals surface area contributed by atoms with E-state index in [1.807, 2.05) is 18.2 Å². The van der Waals surface area contributed by atoms with Crippen molar-refractivity contribution in [3.8, 4) is 5.75 Å². The predicted octanol–water partition coefficient (Wildman–Crippen LogP) is 3.74. The molecule has 3 atom stereocenters. The molecule has 0 radical (unpaired) electrons. The quantitative estimate of drug-likeness (QED) is 0.936. The topological polar surface area (TPSA) is 32.7 Å². The number of hydrogen-bond donors (Lipinski definition) is 1. The number of phenolic OH excluding ortho intramolecular Hbond substituents is 1. The summed E-state index contributed by atoms with van der Waals surface area (Å²) in [5.74, 6) is 0.325. The first kappa shape index (κ1) is 15.1. The SMILES string of the molecule is C[C@@H]1CO[C@@H](c2ccccc2)[C@@H](C)N1Cc1cccc(O)c1. The molecule has 3 rings (SSSR count). The highest BCUT2D eigenvalue weighted by Gasteiger charge is 2.33. The first-order valence-corrected chi connectivity index (χ1v) is 7.85. The van der Waals surface area contributed by atoms with E-state index in [2.05, 4.69) is 49.1 Å². The Morgan fingerprint density at radius 2 is 1.86 bits per heavy atom. The van der Waals surface area contributed by atoms with Gasteiger partial charge in [-0.3, -0.25) is 4.90 Å². The molecule has 1 heterocycles. The predicted molar refractivity (Wildman–Crippen MR) is 87.7 cm³/mol. The standard InChI is InChI=1S/C19H23NO2/c1-14-13-22-19(17-8-4-3-5-9-17)15(2)20(14)12-16-7-6-10-18(21)11-16/h3-11,14-15,19,21H,12-13H2,1-2H3/t14-,15-,19-/m1/s1. The molecule has 1 fully saturated rings. The first-order chi connectivity index (χ1) is 10.6. The van der Waals surface area contributed by atoms with Crippen LogP contribution in [-0.2, 0) is 11.3 Å². The smallest absolute Gasteiger partial charge is 0.115 e. The van der Waals surface area contributed by atoms with E-state index in [0.29, 0.717) is 11.8 Å². The number of hydrogen-bond acceptors (Lipinski definition) is 3. The van der Waals surface area contributed by atoms with E-state index in [1.165, 1.54) is 5.56 Å². The van der Waals surface area contributed by atoms with Gasteiger partial charge < -0.3 is 9.84 Å². The maximum Gasteiger partial charge on any atom is 0.115 e. The number of phenols is 1. The fourth-order valence-corrected chi connectivity index (χ4v) is 3.24. The molecule has 3 heteroatoms. The Morgan fingerprint density at radius 1 is 1.09 bits per heavy atom. The lowest BCUT2D eigenvalue weighted by molar-refractivity contribution is -0.0993. The second-order valence-corrected chi connectivity index (χ2v) is 6.10. The Labute approximate surface area is 132 Å². The molecule has 1 aliphatic heterocycles. The van der Waals surface area contributed by atoms with Gasteiger partial charge in [-0.05, 0) is 37.1 Å². The number of ether oxygens (including phenoxy) is 1. The third-order valence-corrected chi connectivity index (χ3v) is 4.45. The molecule has 0 saturated carbocycles. The zero-order valence-corrected chi connectivity index (χ0v) is 13.1. The van der Waals surface area contributed by atoms with E-state index in [1.54, 1.807) is 6.07 Å². The van der Waals surface area contributed by atoms with Gasteiger partial charge in [-0.2, -0.15) is 0 Å². The summed E-state index contributed by atoms with van der Waals surface area (Å²) in [6.45, 7) is 5.96. The first-order valence-electron chi connectivity index (χ1n) is 7.85. The summed E-state index contributed by atoms with van der Waals surface area (Å²) in [6.07, 6.45) is 0.0923. The molecule has 0 amide bonds. The van der Waals surface area contributed by atoms with Crippen molar-refractivity contribution in [2.75, 3.05) is 6.61 Å². The van der Waals surface area contributed by atoms with E-state index in [0.717, 1.165) is 18.7 Å². The lowest BCUT2D eigenvalue weighted by Gasteiger charge is -2.44. The van der Waals surface area contributed by atoms with Crippen LogP contribution in [-0.4, -0.2) is 28.7 Å². The summed E-state index contributed by atoms with van der Waals surface area (Å²) in [7, 11) is 0. The van der Waals surface area contributed by atoms with Crippen molar-refractivity contribution in [2.24, 2.45) is 0 Å². The van der Waals surface area contributed by atoms with Crippen molar-refractivity contribution in [1.29, 1.82) is 0 Å². The molecule has 0 aromatic heterocycles. The fourth-order valence-electron chi connectivity index (χ4n) is 3.24. The van der Waals surface area contributed by atoms with Gasteiger partial charge in [0.15, 0.2) is 0 Å². The summed E-state index contributed by atoms with van der Waals surface area (Å²) < 4.78 is 6.09. The molecule has 0 spiro atoms. The van der Waals surface area contributed by atoms with Gasteiger partial charge in [0, 0.05) is 18.6 Å². The minimum Gasteiger partial charge on any atom is -0.508 e. The third-order valence-electron chi connectivity index (χ3n) is 4.45. The Bertz CT molecular complexity index is 614. The number of morpholine rings is 1. The van der Waals surface area contributed by atoms with Crippen LogP contribution in [0.25, 0.3) is 0 Å². The molecule has 0 bridgehead atoms. The summed E-state index contributed by atoms with van der Waals surface area (Å²) in [5, 5.41) is 9.66. The van der Waals surface area contributed by atoms with E-state index >= 15 is 0 Å². The van der Waals surface area contributed by atoms with Crippen molar-refractivity contribution in [3.05, 3.63) is 65.7 Å². The molecule has 1 N–H and O–H groups in total. The highest BCUT2D eigenvalue weighted by Crippen LogP contribution is 2.32. The summed E-state index contributed by atoms with van der Waals surface area (Å²) >= 11 is 0. The van der Waals surface area contributed by atoms with Crippen molar-refractivity contribution >= 4 is 0 Å². The number of nitrogens with zero attached hydrogens (tertiary/aromatic N) is 1. The number of benzene rings is 2. The maximum absolute atomic E-state index is 9.66. The van der Waals surface area contributed by atoms with Crippen LogP contribution in [0.5, 0.6) is 5.75 Å². The monoisotopic (exact) mass is 297 g/mol. The maximum atomic E-state index is 9.66. The Hall–Kier alpha value is -1.84. The highest BCUT2D eigenvalue weighted by molar-refractivity contribution is 5.27. The molecule has 0 aliphatic carbocycles. The van der Waals surface area contributed by atoms with Crippen LogP contribution in [0.1, 0.15) is 31.1 Å². The molecular weight excluding hydrogens is 274 g/mol. The van der Waals surface area contributed by atoms with Crippen LogP contribution in [0.4, 0.5) is 0 Å². The second kappa shape index (κ2) is 6.51. The molecule has 116 valence electrons. The lowest BCUT2D eigenvalue weighted by atomic mass is 9.98. The molecule has 2 aromatic carbocycles. The van der Waals surface area contributed by atoms with Crippen LogP contribution >= 0.6 is 0 Å². The Kier molecular flexibility index (Phi) is 4.46. The van der Waals surface area contributed by atoms with Gasteiger partial charge in [0.05, 0.1) is 12.7 Å². The fraction of sp³-hybridized carbons (Fsp3) is 0.368. The molecule has 1 saturated heterocycles. The molecule has 3 nitrogen and oxygen atoms in total. The summed E-state index contributed by atoms with van der Waals surface area (Å²) in [5.41, 5.74) is 2.36. The minimum absolute atomic E-state index is 0.0923. The molecular formula is C19H23NO2. The van der Waals surface area contributed by atoms with E-state index in [4.69, 9.17) is 4.74 Å². The molecule has 22 heavy (non-hydrogen) atoms. The largest absolute Gasteiger partial charge is 0.508 e. The van der Waals surface area contributed by atoms with Crippen LogP contribution in [0, 0.1) is 0 Å².